The Hall–Kier alpha value is -2.59. The smallest absolute Gasteiger partial charge is 0.229 e. The van der Waals surface area contributed by atoms with E-state index >= 15 is 0 Å². The minimum atomic E-state index is 0.554. The Bertz CT molecular complexity index is 839. The summed E-state index contributed by atoms with van der Waals surface area (Å²) in [6, 6.07) is 13.7. The average Bonchev–Trinajstić information content (AvgIpc) is 2.54. The van der Waals surface area contributed by atoms with Gasteiger partial charge >= 0.3 is 0 Å². The van der Waals surface area contributed by atoms with Gasteiger partial charge in [-0.1, -0.05) is 29.8 Å². The van der Waals surface area contributed by atoms with E-state index in [1.165, 1.54) is 0 Å². The van der Waals surface area contributed by atoms with Gasteiger partial charge in [0.2, 0.25) is 5.95 Å². The van der Waals surface area contributed by atoms with E-state index < -0.39 is 0 Å². The first kappa shape index (κ1) is 16.3. The molecule has 5 heteroatoms. The standard InChI is InChI=1S/C19H19ClN4/c1-12-9-15(20)10-13(2)17(12)23-18-14(3)11-21-19(24-18)22-16-7-5-4-6-8-16/h4-11H,1-3H3,(H2,21,22,23,24). The van der Waals surface area contributed by atoms with Crippen LogP contribution in [0.4, 0.5) is 23.1 Å². The zero-order valence-corrected chi connectivity index (χ0v) is 14.6. The molecular formula is C19H19ClN4. The van der Waals surface area contributed by atoms with Crippen LogP contribution in [0.1, 0.15) is 16.7 Å². The molecule has 122 valence electrons. The summed E-state index contributed by atoms with van der Waals surface area (Å²) >= 11 is 6.11. The summed E-state index contributed by atoms with van der Waals surface area (Å²) in [7, 11) is 0. The lowest BCUT2D eigenvalue weighted by Gasteiger charge is -2.15. The molecule has 0 aliphatic carbocycles. The van der Waals surface area contributed by atoms with E-state index in [2.05, 4.69) is 20.6 Å². The van der Waals surface area contributed by atoms with Gasteiger partial charge in [-0.2, -0.15) is 4.98 Å². The van der Waals surface area contributed by atoms with Crippen molar-refractivity contribution in [2.24, 2.45) is 0 Å². The predicted molar refractivity (Wildman–Crippen MR) is 101 cm³/mol. The lowest BCUT2D eigenvalue weighted by Crippen LogP contribution is -2.04. The van der Waals surface area contributed by atoms with Gasteiger partial charge in [-0.3, -0.25) is 0 Å². The van der Waals surface area contributed by atoms with Gasteiger partial charge < -0.3 is 10.6 Å². The number of hydrogen-bond acceptors (Lipinski definition) is 4. The lowest BCUT2D eigenvalue weighted by atomic mass is 10.1. The van der Waals surface area contributed by atoms with E-state index in [1.54, 1.807) is 6.20 Å². The fraction of sp³-hybridized carbons (Fsp3) is 0.158. The Kier molecular flexibility index (Phi) is 4.67. The van der Waals surface area contributed by atoms with E-state index in [9.17, 15) is 0 Å². The van der Waals surface area contributed by atoms with Gasteiger partial charge in [-0.15, -0.1) is 0 Å². The van der Waals surface area contributed by atoms with E-state index in [-0.39, 0.29) is 0 Å². The second kappa shape index (κ2) is 6.89. The van der Waals surface area contributed by atoms with Gasteiger partial charge in [0.1, 0.15) is 5.82 Å². The third kappa shape index (κ3) is 3.66. The SMILES string of the molecule is Cc1cnc(Nc2ccccc2)nc1Nc1c(C)cc(Cl)cc1C. The van der Waals surface area contributed by atoms with Crippen LogP contribution in [-0.2, 0) is 0 Å². The van der Waals surface area contributed by atoms with Gasteiger partial charge in [0, 0.05) is 28.2 Å². The number of benzene rings is 2. The van der Waals surface area contributed by atoms with Crippen molar-refractivity contribution in [3.8, 4) is 0 Å². The van der Waals surface area contributed by atoms with Crippen LogP contribution in [0.2, 0.25) is 5.02 Å². The summed E-state index contributed by atoms with van der Waals surface area (Å²) in [4.78, 5) is 8.95. The fourth-order valence-electron chi connectivity index (χ4n) is 2.51. The normalized spacial score (nSPS) is 10.5. The van der Waals surface area contributed by atoms with Crippen molar-refractivity contribution < 1.29 is 0 Å². The third-order valence-electron chi connectivity index (χ3n) is 3.74. The molecule has 0 amide bonds. The van der Waals surface area contributed by atoms with Crippen LogP contribution in [0.3, 0.4) is 0 Å². The van der Waals surface area contributed by atoms with Crippen LogP contribution in [0.25, 0.3) is 0 Å². The minimum Gasteiger partial charge on any atom is -0.339 e. The molecule has 3 rings (SSSR count). The highest BCUT2D eigenvalue weighted by Crippen LogP contribution is 2.28. The summed E-state index contributed by atoms with van der Waals surface area (Å²) in [5.74, 6) is 1.33. The number of nitrogens with one attached hydrogen (secondary N) is 2. The van der Waals surface area contributed by atoms with Crippen molar-refractivity contribution in [2.75, 3.05) is 10.6 Å². The van der Waals surface area contributed by atoms with Gasteiger partial charge in [-0.25, -0.2) is 4.98 Å². The second-order valence-electron chi connectivity index (χ2n) is 5.76. The second-order valence-corrected chi connectivity index (χ2v) is 6.19. The Balaban J connectivity index is 1.90. The van der Waals surface area contributed by atoms with Gasteiger partial charge in [-0.05, 0) is 56.2 Å². The molecule has 0 atom stereocenters. The molecule has 0 radical (unpaired) electrons. The molecule has 2 aromatic carbocycles. The maximum atomic E-state index is 6.11. The first-order valence-electron chi connectivity index (χ1n) is 7.72. The quantitative estimate of drug-likeness (QED) is 0.655. The Labute approximate surface area is 146 Å². The third-order valence-corrected chi connectivity index (χ3v) is 3.96. The molecule has 24 heavy (non-hydrogen) atoms. The zero-order valence-electron chi connectivity index (χ0n) is 13.9. The summed E-state index contributed by atoms with van der Waals surface area (Å²) in [6.07, 6.45) is 1.81. The van der Waals surface area contributed by atoms with Crippen LogP contribution in [0, 0.1) is 20.8 Å². The fourth-order valence-corrected chi connectivity index (χ4v) is 2.83. The molecule has 2 N–H and O–H groups in total. The minimum absolute atomic E-state index is 0.554. The van der Waals surface area contributed by atoms with Crippen molar-refractivity contribution in [2.45, 2.75) is 20.8 Å². The van der Waals surface area contributed by atoms with Crippen LogP contribution in [0.5, 0.6) is 0 Å². The van der Waals surface area contributed by atoms with Gasteiger partial charge in [0.05, 0.1) is 0 Å². The molecule has 0 aliphatic rings. The van der Waals surface area contributed by atoms with Crippen LogP contribution in [-0.4, -0.2) is 9.97 Å². The molecule has 1 heterocycles. The van der Waals surface area contributed by atoms with E-state index in [0.717, 1.165) is 38.9 Å². The molecule has 4 nitrogen and oxygen atoms in total. The molecule has 0 unspecified atom stereocenters. The maximum Gasteiger partial charge on any atom is 0.229 e. The number of rotatable bonds is 4. The number of aromatic nitrogens is 2. The molecule has 0 fully saturated rings. The predicted octanol–water partition coefficient (Wildman–Crippen LogP) is 5.54. The van der Waals surface area contributed by atoms with Crippen molar-refractivity contribution in [3.05, 3.63) is 70.4 Å². The Morgan fingerprint density at radius 1 is 0.875 bits per heavy atom. The summed E-state index contributed by atoms with van der Waals surface area (Å²) < 4.78 is 0. The van der Waals surface area contributed by atoms with Gasteiger partial charge in [0.15, 0.2) is 0 Å². The average molecular weight is 339 g/mol. The zero-order chi connectivity index (χ0) is 17.1. The first-order chi connectivity index (χ1) is 11.5. The Morgan fingerprint density at radius 3 is 2.21 bits per heavy atom. The topological polar surface area (TPSA) is 49.8 Å². The van der Waals surface area contributed by atoms with E-state index in [4.69, 9.17) is 11.6 Å². The first-order valence-corrected chi connectivity index (χ1v) is 8.10. The van der Waals surface area contributed by atoms with Crippen molar-refractivity contribution in [1.82, 2.24) is 9.97 Å². The summed E-state index contributed by atoms with van der Waals surface area (Å²) in [5, 5.41) is 7.36. The van der Waals surface area contributed by atoms with Gasteiger partial charge in [0.25, 0.3) is 0 Å². The Morgan fingerprint density at radius 2 is 1.54 bits per heavy atom. The number of aryl methyl sites for hydroxylation is 3. The molecule has 0 spiro atoms. The van der Waals surface area contributed by atoms with E-state index in [0.29, 0.717) is 5.95 Å². The number of anilines is 4. The molecule has 3 aromatic rings. The van der Waals surface area contributed by atoms with Crippen LogP contribution < -0.4 is 10.6 Å². The lowest BCUT2D eigenvalue weighted by molar-refractivity contribution is 1.13. The highest BCUT2D eigenvalue weighted by atomic mass is 35.5. The molecule has 0 bridgehead atoms. The number of nitrogens with zero attached hydrogens (tertiary/aromatic N) is 2. The molecule has 0 saturated carbocycles. The molecular weight excluding hydrogens is 320 g/mol. The molecule has 0 saturated heterocycles. The van der Waals surface area contributed by atoms with E-state index in [1.807, 2.05) is 63.2 Å². The highest BCUT2D eigenvalue weighted by Gasteiger charge is 2.09. The highest BCUT2D eigenvalue weighted by molar-refractivity contribution is 6.30. The number of para-hydroxylation sites is 1. The molecule has 1 aromatic heterocycles. The van der Waals surface area contributed by atoms with Crippen molar-refractivity contribution >= 4 is 34.7 Å². The summed E-state index contributed by atoms with van der Waals surface area (Å²) in [6.45, 7) is 6.04. The maximum absolute atomic E-state index is 6.11. The van der Waals surface area contributed by atoms with Crippen molar-refractivity contribution in [3.63, 3.8) is 0 Å². The molecule has 0 aliphatic heterocycles. The van der Waals surface area contributed by atoms with Crippen LogP contribution >= 0.6 is 11.6 Å². The monoisotopic (exact) mass is 338 g/mol. The number of halogens is 1. The van der Waals surface area contributed by atoms with Crippen LogP contribution in [0.15, 0.2) is 48.7 Å². The number of hydrogen-bond donors (Lipinski definition) is 2. The summed E-state index contributed by atoms with van der Waals surface area (Å²) in [5.41, 5.74) is 5.10. The largest absolute Gasteiger partial charge is 0.339 e. The van der Waals surface area contributed by atoms with Crippen molar-refractivity contribution in [1.29, 1.82) is 0 Å².